The summed E-state index contributed by atoms with van der Waals surface area (Å²) in [5.41, 5.74) is 2.90. The second kappa shape index (κ2) is 8.87. The first-order chi connectivity index (χ1) is 14.2. The van der Waals surface area contributed by atoms with Crippen LogP contribution < -0.4 is 9.46 Å². The molecule has 8 heteroatoms. The summed E-state index contributed by atoms with van der Waals surface area (Å²) in [6.07, 6.45) is 1.63. The third-order valence-corrected chi connectivity index (χ3v) is 5.29. The highest BCUT2D eigenvalue weighted by molar-refractivity contribution is 7.92. The Bertz CT molecular complexity index is 1060. The van der Waals surface area contributed by atoms with Crippen LogP contribution in [0.4, 0.5) is 5.69 Å². The summed E-state index contributed by atoms with van der Waals surface area (Å²) in [6.45, 7) is 6.18. The Kier molecular flexibility index (Phi) is 6.45. The van der Waals surface area contributed by atoms with Gasteiger partial charge in [-0.3, -0.25) is 9.52 Å². The van der Waals surface area contributed by atoms with Crippen molar-refractivity contribution in [3.8, 4) is 5.75 Å². The monoisotopic (exact) mass is 429 g/mol. The quantitative estimate of drug-likeness (QED) is 0.725. The molecule has 1 N–H and O–H groups in total. The molecule has 0 bridgehead atoms. The third-order valence-electron chi connectivity index (χ3n) is 4.68. The Hall–Kier alpha value is -2.87. The van der Waals surface area contributed by atoms with E-state index < -0.39 is 10.0 Å². The first-order valence-corrected chi connectivity index (χ1v) is 11.8. The van der Waals surface area contributed by atoms with Crippen LogP contribution in [0.2, 0.25) is 0 Å². The summed E-state index contributed by atoms with van der Waals surface area (Å²) >= 11 is 0. The molecule has 0 saturated carbocycles. The van der Waals surface area contributed by atoms with Crippen molar-refractivity contribution in [2.75, 3.05) is 17.6 Å². The normalized spacial score (nSPS) is 16.5. The second-order valence-electron chi connectivity index (χ2n) is 7.56. The lowest BCUT2D eigenvalue weighted by Crippen LogP contribution is -2.30. The van der Waals surface area contributed by atoms with Crippen LogP contribution in [0.15, 0.2) is 53.6 Å². The van der Waals surface area contributed by atoms with Gasteiger partial charge in [-0.25, -0.2) is 13.4 Å². The number of carbonyl (C=O) groups is 1. The number of hydrazone groups is 1. The lowest BCUT2D eigenvalue weighted by Gasteiger charge is -2.24. The van der Waals surface area contributed by atoms with Gasteiger partial charge in [0.2, 0.25) is 15.9 Å². The highest BCUT2D eigenvalue weighted by Crippen LogP contribution is 2.35. The van der Waals surface area contributed by atoms with Gasteiger partial charge < -0.3 is 4.74 Å². The van der Waals surface area contributed by atoms with Gasteiger partial charge >= 0.3 is 0 Å². The highest BCUT2D eigenvalue weighted by Gasteiger charge is 2.34. The molecule has 0 saturated heterocycles. The van der Waals surface area contributed by atoms with E-state index in [1.165, 1.54) is 0 Å². The van der Waals surface area contributed by atoms with Gasteiger partial charge in [0.15, 0.2) is 0 Å². The van der Waals surface area contributed by atoms with Gasteiger partial charge in [-0.2, -0.15) is 5.10 Å². The van der Waals surface area contributed by atoms with Crippen LogP contribution in [-0.4, -0.2) is 37.9 Å². The molecule has 0 fully saturated rings. The first kappa shape index (κ1) is 21.8. The number of ether oxygens (including phenoxy) is 1. The minimum absolute atomic E-state index is 0.0674. The van der Waals surface area contributed by atoms with Gasteiger partial charge in [0, 0.05) is 18.0 Å². The maximum absolute atomic E-state index is 12.9. The van der Waals surface area contributed by atoms with Crippen molar-refractivity contribution in [2.24, 2.45) is 11.0 Å². The molecular formula is C22H27N3O4S. The Labute approximate surface area is 177 Å². The van der Waals surface area contributed by atoms with Crippen molar-refractivity contribution in [1.82, 2.24) is 5.01 Å². The van der Waals surface area contributed by atoms with Crippen molar-refractivity contribution >= 4 is 27.3 Å². The van der Waals surface area contributed by atoms with Crippen molar-refractivity contribution in [2.45, 2.75) is 33.2 Å². The first-order valence-electron chi connectivity index (χ1n) is 9.89. The van der Waals surface area contributed by atoms with Crippen LogP contribution in [0.1, 0.15) is 44.4 Å². The number of carbonyl (C=O) groups excluding carboxylic acids is 1. The van der Waals surface area contributed by atoms with Crippen LogP contribution in [0.3, 0.4) is 0 Å². The zero-order chi connectivity index (χ0) is 21.9. The molecule has 2 aromatic rings. The molecule has 1 unspecified atom stereocenters. The maximum Gasteiger partial charge on any atom is 0.245 e. The average molecular weight is 430 g/mol. The Morgan fingerprint density at radius 3 is 2.63 bits per heavy atom. The molecule has 0 spiro atoms. The number of benzene rings is 2. The fourth-order valence-electron chi connectivity index (χ4n) is 3.37. The highest BCUT2D eigenvalue weighted by atomic mass is 32.2. The van der Waals surface area contributed by atoms with Crippen LogP contribution in [0.25, 0.3) is 0 Å². The van der Waals surface area contributed by atoms with E-state index in [0.717, 1.165) is 28.8 Å². The Morgan fingerprint density at radius 2 is 1.97 bits per heavy atom. The van der Waals surface area contributed by atoms with E-state index in [1.807, 2.05) is 51.1 Å². The van der Waals surface area contributed by atoms with E-state index in [2.05, 4.69) is 9.82 Å². The third kappa shape index (κ3) is 5.18. The van der Waals surface area contributed by atoms with E-state index in [0.29, 0.717) is 18.7 Å². The molecule has 1 heterocycles. The molecule has 7 nitrogen and oxygen atoms in total. The molecule has 1 amide bonds. The van der Waals surface area contributed by atoms with E-state index in [4.69, 9.17) is 4.74 Å². The number of hydrogen-bond acceptors (Lipinski definition) is 5. The molecule has 160 valence electrons. The van der Waals surface area contributed by atoms with Crippen molar-refractivity contribution in [1.29, 1.82) is 0 Å². The van der Waals surface area contributed by atoms with E-state index >= 15 is 0 Å². The molecule has 1 aliphatic rings. The van der Waals surface area contributed by atoms with Crippen LogP contribution in [0, 0.1) is 5.92 Å². The molecule has 1 atom stereocenters. The zero-order valence-corrected chi connectivity index (χ0v) is 18.4. The molecule has 0 radical (unpaired) electrons. The average Bonchev–Trinajstić information content (AvgIpc) is 3.12. The number of nitrogens with zero attached hydrogens (tertiary/aromatic N) is 2. The Balaban J connectivity index is 1.96. The summed E-state index contributed by atoms with van der Waals surface area (Å²) < 4.78 is 31.2. The minimum Gasteiger partial charge on any atom is -0.494 e. The summed E-state index contributed by atoms with van der Waals surface area (Å²) in [5, 5.41) is 6.18. The fraction of sp³-hybridized carbons (Fsp3) is 0.364. The molecule has 0 aliphatic carbocycles. The Morgan fingerprint density at radius 1 is 1.23 bits per heavy atom. The summed E-state index contributed by atoms with van der Waals surface area (Å²) in [7, 11) is -3.39. The van der Waals surface area contributed by atoms with Crippen molar-refractivity contribution in [3.05, 3.63) is 59.7 Å². The fourth-order valence-corrected chi connectivity index (χ4v) is 3.92. The molecule has 3 rings (SSSR count). The molecule has 0 aromatic heterocycles. The topological polar surface area (TPSA) is 88.1 Å². The number of anilines is 1. The minimum atomic E-state index is -3.39. The number of nitrogens with one attached hydrogen (secondary N) is 1. The molecular weight excluding hydrogens is 402 g/mol. The van der Waals surface area contributed by atoms with Crippen molar-refractivity contribution in [3.63, 3.8) is 0 Å². The lowest BCUT2D eigenvalue weighted by molar-refractivity contribution is -0.136. The van der Waals surface area contributed by atoms with Gasteiger partial charge in [-0.05, 0) is 42.3 Å². The number of rotatable bonds is 7. The SMILES string of the molecule is CCOc1cccc(C2CC(c3cccc(NS(C)(=O)=O)c3)=NN2C(=O)C(C)C)c1. The maximum atomic E-state index is 12.9. The number of amides is 1. The van der Waals surface area contributed by atoms with Crippen LogP contribution >= 0.6 is 0 Å². The second-order valence-corrected chi connectivity index (χ2v) is 9.31. The summed E-state index contributed by atoms with van der Waals surface area (Å²) in [4.78, 5) is 12.9. The standard InChI is InChI=1S/C22H27N3O4S/c1-5-29-19-11-7-9-17(13-19)21-14-20(23-25(21)22(26)15(2)3)16-8-6-10-18(12-16)24-30(4,27)28/h6-13,15,21,24H,5,14H2,1-4H3. The van der Waals surface area contributed by atoms with Gasteiger partial charge in [0.05, 0.1) is 24.6 Å². The molecule has 2 aromatic carbocycles. The van der Waals surface area contributed by atoms with Crippen LogP contribution in [0.5, 0.6) is 5.75 Å². The van der Waals surface area contributed by atoms with Crippen molar-refractivity contribution < 1.29 is 17.9 Å². The smallest absolute Gasteiger partial charge is 0.245 e. The summed E-state index contributed by atoms with van der Waals surface area (Å²) in [5.74, 6) is 0.478. The number of hydrogen-bond donors (Lipinski definition) is 1. The largest absolute Gasteiger partial charge is 0.494 e. The van der Waals surface area contributed by atoms with Gasteiger partial charge in [-0.15, -0.1) is 0 Å². The predicted octanol–water partition coefficient (Wildman–Crippen LogP) is 3.79. The van der Waals surface area contributed by atoms with Gasteiger partial charge in [0.1, 0.15) is 5.75 Å². The van der Waals surface area contributed by atoms with Crippen LogP contribution in [-0.2, 0) is 14.8 Å². The molecule has 30 heavy (non-hydrogen) atoms. The number of sulfonamides is 1. The van der Waals surface area contributed by atoms with E-state index in [1.54, 1.807) is 23.2 Å². The van der Waals surface area contributed by atoms with Gasteiger partial charge in [-0.1, -0.05) is 38.1 Å². The predicted molar refractivity (Wildman–Crippen MR) is 118 cm³/mol. The molecule has 1 aliphatic heterocycles. The van der Waals surface area contributed by atoms with E-state index in [-0.39, 0.29) is 17.9 Å². The van der Waals surface area contributed by atoms with E-state index in [9.17, 15) is 13.2 Å². The summed E-state index contributed by atoms with van der Waals surface area (Å²) in [6, 6.07) is 14.5. The van der Waals surface area contributed by atoms with Gasteiger partial charge in [0.25, 0.3) is 0 Å². The zero-order valence-electron chi connectivity index (χ0n) is 17.6. The lowest BCUT2D eigenvalue weighted by atomic mass is 9.97.